The van der Waals surface area contributed by atoms with Crippen LogP contribution >= 0.6 is 11.3 Å². The van der Waals surface area contributed by atoms with Gasteiger partial charge in [0.2, 0.25) is 4.96 Å². The molecule has 3 aromatic rings. The Hall–Kier alpha value is -1.89. The van der Waals surface area contributed by atoms with Crippen molar-refractivity contribution in [3.05, 3.63) is 34.8 Å². The summed E-state index contributed by atoms with van der Waals surface area (Å²) in [6, 6.07) is 3.93. The number of aromatic nitrogens is 4. The smallest absolute Gasteiger partial charge is 0.204 e. The summed E-state index contributed by atoms with van der Waals surface area (Å²) in [6.45, 7) is 1.81. The standard InChI is InChI=1S/C10H6F2N4S/c1-5-15-16-9(13-14-10(16)17-5)6-3-2-4-7(11)8(6)12/h2-4H,1H3. The summed E-state index contributed by atoms with van der Waals surface area (Å²) in [5.74, 6) is -1.64. The maximum Gasteiger partial charge on any atom is 0.234 e. The molecule has 0 N–H and O–H groups in total. The van der Waals surface area contributed by atoms with E-state index in [1.54, 1.807) is 0 Å². The van der Waals surface area contributed by atoms with Crippen LogP contribution < -0.4 is 0 Å². The Morgan fingerprint density at radius 3 is 2.88 bits per heavy atom. The van der Waals surface area contributed by atoms with E-state index in [9.17, 15) is 8.78 Å². The quantitative estimate of drug-likeness (QED) is 0.668. The third kappa shape index (κ3) is 1.50. The molecule has 86 valence electrons. The van der Waals surface area contributed by atoms with E-state index in [4.69, 9.17) is 0 Å². The molecule has 0 atom stereocenters. The largest absolute Gasteiger partial charge is 0.234 e. The number of fused-ring (bicyclic) bond motifs is 1. The molecule has 0 aliphatic rings. The molecule has 0 saturated heterocycles. The van der Waals surface area contributed by atoms with Gasteiger partial charge in [0.15, 0.2) is 17.5 Å². The summed E-state index contributed by atoms with van der Waals surface area (Å²) in [6.07, 6.45) is 0. The normalized spacial score (nSPS) is 11.2. The highest BCUT2D eigenvalue weighted by atomic mass is 32.1. The van der Waals surface area contributed by atoms with Gasteiger partial charge < -0.3 is 0 Å². The van der Waals surface area contributed by atoms with Crippen LogP contribution in [0, 0.1) is 18.6 Å². The lowest BCUT2D eigenvalue weighted by molar-refractivity contribution is 0.510. The second-order valence-electron chi connectivity index (χ2n) is 3.44. The lowest BCUT2D eigenvalue weighted by atomic mass is 10.2. The molecule has 2 aromatic heterocycles. The maximum atomic E-state index is 13.6. The minimum Gasteiger partial charge on any atom is -0.204 e. The van der Waals surface area contributed by atoms with E-state index in [2.05, 4.69) is 15.3 Å². The van der Waals surface area contributed by atoms with Crippen molar-refractivity contribution in [2.24, 2.45) is 0 Å². The van der Waals surface area contributed by atoms with Gasteiger partial charge in [-0.3, -0.25) is 0 Å². The average molecular weight is 252 g/mol. The number of benzene rings is 1. The predicted molar refractivity (Wildman–Crippen MR) is 58.7 cm³/mol. The summed E-state index contributed by atoms with van der Waals surface area (Å²) in [5, 5.41) is 12.6. The van der Waals surface area contributed by atoms with Crippen LogP contribution in [-0.2, 0) is 0 Å². The van der Waals surface area contributed by atoms with Gasteiger partial charge in [-0.05, 0) is 19.1 Å². The van der Waals surface area contributed by atoms with Crippen molar-refractivity contribution in [2.75, 3.05) is 0 Å². The molecule has 0 radical (unpaired) electrons. The topological polar surface area (TPSA) is 43.1 Å². The molecule has 3 rings (SSSR count). The van der Waals surface area contributed by atoms with E-state index in [-0.39, 0.29) is 11.4 Å². The minimum atomic E-state index is -0.938. The first kappa shape index (κ1) is 10.3. The zero-order valence-corrected chi connectivity index (χ0v) is 9.50. The molecular formula is C10H6F2N4S. The SMILES string of the molecule is Cc1nn2c(-c3cccc(F)c3F)nnc2s1. The molecule has 17 heavy (non-hydrogen) atoms. The van der Waals surface area contributed by atoms with Gasteiger partial charge in [0.1, 0.15) is 5.01 Å². The fraction of sp³-hybridized carbons (Fsp3) is 0.100. The molecule has 2 heterocycles. The molecule has 1 aromatic carbocycles. The highest BCUT2D eigenvalue weighted by Gasteiger charge is 2.17. The Morgan fingerprint density at radius 1 is 1.24 bits per heavy atom. The van der Waals surface area contributed by atoms with Crippen molar-refractivity contribution in [3.8, 4) is 11.4 Å². The number of aryl methyl sites for hydroxylation is 1. The molecule has 0 fully saturated rings. The number of hydrogen-bond acceptors (Lipinski definition) is 4. The molecular weight excluding hydrogens is 246 g/mol. The Balaban J connectivity index is 2.30. The first-order valence-electron chi connectivity index (χ1n) is 4.80. The van der Waals surface area contributed by atoms with E-state index in [1.165, 1.54) is 28.0 Å². The van der Waals surface area contributed by atoms with E-state index in [0.29, 0.717) is 4.96 Å². The first-order chi connectivity index (χ1) is 8.16. The highest BCUT2D eigenvalue weighted by Crippen LogP contribution is 2.24. The molecule has 0 amide bonds. The van der Waals surface area contributed by atoms with Crippen molar-refractivity contribution in [2.45, 2.75) is 6.92 Å². The van der Waals surface area contributed by atoms with Crippen LogP contribution in [0.15, 0.2) is 18.2 Å². The number of nitrogens with zero attached hydrogens (tertiary/aromatic N) is 4. The second-order valence-corrected chi connectivity index (χ2v) is 4.60. The Labute approximate surface area is 98.5 Å². The van der Waals surface area contributed by atoms with Gasteiger partial charge in [0, 0.05) is 0 Å². The third-order valence-corrected chi connectivity index (χ3v) is 3.10. The zero-order chi connectivity index (χ0) is 12.0. The Bertz CT molecular complexity index is 703. The van der Waals surface area contributed by atoms with Crippen molar-refractivity contribution in [1.29, 1.82) is 0 Å². The van der Waals surface area contributed by atoms with Gasteiger partial charge >= 0.3 is 0 Å². The minimum absolute atomic E-state index is 0.0581. The van der Waals surface area contributed by atoms with Crippen molar-refractivity contribution in [3.63, 3.8) is 0 Å². The molecule has 0 aliphatic heterocycles. The Morgan fingerprint density at radius 2 is 2.06 bits per heavy atom. The lowest BCUT2D eigenvalue weighted by Gasteiger charge is -1.99. The fourth-order valence-electron chi connectivity index (χ4n) is 1.56. The van der Waals surface area contributed by atoms with Gasteiger partial charge in [-0.2, -0.15) is 9.61 Å². The molecule has 7 heteroatoms. The van der Waals surface area contributed by atoms with Crippen molar-refractivity contribution in [1.82, 2.24) is 19.8 Å². The van der Waals surface area contributed by atoms with Gasteiger partial charge in [-0.25, -0.2) is 8.78 Å². The third-order valence-electron chi connectivity index (χ3n) is 2.28. The average Bonchev–Trinajstić information content (AvgIpc) is 2.81. The van der Waals surface area contributed by atoms with Crippen LogP contribution in [0.5, 0.6) is 0 Å². The monoisotopic (exact) mass is 252 g/mol. The Kier molecular flexibility index (Phi) is 2.15. The van der Waals surface area contributed by atoms with Crippen LogP contribution in [0.4, 0.5) is 8.78 Å². The fourth-order valence-corrected chi connectivity index (χ4v) is 2.24. The summed E-state index contributed by atoms with van der Waals surface area (Å²) in [4.78, 5) is 0.557. The van der Waals surface area contributed by atoms with E-state index >= 15 is 0 Å². The van der Waals surface area contributed by atoms with Gasteiger partial charge in [0.25, 0.3) is 0 Å². The van der Waals surface area contributed by atoms with Gasteiger partial charge in [-0.15, -0.1) is 10.2 Å². The summed E-state index contributed by atoms with van der Waals surface area (Å²) in [5.41, 5.74) is 0.0581. The van der Waals surface area contributed by atoms with Gasteiger partial charge in [0.05, 0.1) is 5.56 Å². The van der Waals surface area contributed by atoms with Gasteiger partial charge in [-0.1, -0.05) is 17.4 Å². The van der Waals surface area contributed by atoms with Crippen molar-refractivity contribution < 1.29 is 8.78 Å². The first-order valence-corrected chi connectivity index (χ1v) is 5.61. The zero-order valence-electron chi connectivity index (χ0n) is 8.69. The lowest BCUT2D eigenvalue weighted by Crippen LogP contribution is -1.95. The number of hydrogen-bond donors (Lipinski definition) is 0. The van der Waals surface area contributed by atoms with E-state index in [1.807, 2.05) is 6.92 Å². The molecule has 0 unspecified atom stereocenters. The highest BCUT2D eigenvalue weighted by molar-refractivity contribution is 7.16. The van der Waals surface area contributed by atoms with E-state index < -0.39 is 11.6 Å². The molecule has 0 bridgehead atoms. The predicted octanol–water partition coefficient (Wildman–Crippen LogP) is 2.44. The van der Waals surface area contributed by atoms with Crippen molar-refractivity contribution >= 4 is 16.3 Å². The van der Waals surface area contributed by atoms with Crippen LogP contribution in [0.3, 0.4) is 0 Å². The number of rotatable bonds is 1. The van der Waals surface area contributed by atoms with Crippen LogP contribution in [0.25, 0.3) is 16.3 Å². The van der Waals surface area contributed by atoms with Crippen LogP contribution in [0.1, 0.15) is 5.01 Å². The maximum absolute atomic E-state index is 13.6. The second kappa shape index (κ2) is 3.56. The summed E-state index contributed by atoms with van der Waals surface area (Å²) >= 11 is 1.34. The van der Waals surface area contributed by atoms with Crippen LogP contribution in [-0.4, -0.2) is 19.8 Å². The molecule has 0 spiro atoms. The van der Waals surface area contributed by atoms with E-state index in [0.717, 1.165) is 11.1 Å². The summed E-state index contributed by atoms with van der Waals surface area (Å²) in [7, 11) is 0. The number of halogens is 2. The summed E-state index contributed by atoms with van der Waals surface area (Å²) < 4.78 is 28.2. The van der Waals surface area contributed by atoms with Crippen LogP contribution in [0.2, 0.25) is 0 Å². The molecule has 0 aliphatic carbocycles. The molecule has 4 nitrogen and oxygen atoms in total. The molecule has 0 saturated carbocycles.